The number of ether oxygens (including phenoxy) is 1. The third-order valence-electron chi connectivity index (χ3n) is 3.50. The van der Waals surface area contributed by atoms with Gasteiger partial charge in [0.25, 0.3) is 6.43 Å². The van der Waals surface area contributed by atoms with E-state index in [4.69, 9.17) is 0 Å². The third-order valence-corrected chi connectivity index (χ3v) is 4.25. The van der Waals surface area contributed by atoms with E-state index in [2.05, 4.69) is 15.0 Å². The van der Waals surface area contributed by atoms with E-state index in [9.17, 15) is 31.5 Å². The van der Waals surface area contributed by atoms with E-state index in [1.807, 2.05) is 0 Å². The lowest BCUT2D eigenvalue weighted by Gasteiger charge is -2.21. The molecule has 5 nitrogen and oxygen atoms in total. The average Bonchev–Trinajstić information content (AvgIpc) is 3.36. The molecule has 1 N–H and O–H groups in total. The van der Waals surface area contributed by atoms with Crippen LogP contribution in [0.4, 0.5) is 27.6 Å². The lowest BCUT2D eigenvalue weighted by atomic mass is 10.0. The van der Waals surface area contributed by atoms with Gasteiger partial charge in [0, 0.05) is 6.04 Å². The second kappa shape index (κ2) is 7.77. The Balaban J connectivity index is 2.87. The predicted octanol–water partition coefficient (Wildman–Crippen LogP) is 4.29. The first kappa shape index (κ1) is 20.4. The fourth-order valence-corrected chi connectivity index (χ4v) is 2.86. The number of nitrogens with one attached hydrogen (secondary N) is 1. The summed E-state index contributed by atoms with van der Waals surface area (Å²) < 4.78 is 71.4. The molecule has 0 bridgehead atoms. The van der Waals surface area contributed by atoms with Crippen LogP contribution >= 0.6 is 11.8 Å². The first-order chi connectivity index (χ1) is 12.1. The smallest absolute Gasteiger partial charge is 0.434 e. The largest absolute Gasteiger partial charge is 0.465 e. The first-order valence-corrected chi connectivity index (χ1v) is 8.55. The van der Waals surface area contributed by atoms with Crippen LogP contribution in [-0.4, -0.2) is 35.0 Å². The number of carbonyl (C=O) groups is 2. The molecular formula is C15H15F5N2O3S. The summed E-state index contributed by atoms with van der Waals surface area (Å²) in [7, 11) is 0.901. The van der Waals surface area contributed by atoms with E-state index in [1.165, 1.54) is 0 Å². The summed E-state index contributed by atoms with van der Waals surface area (Å²) in [5.41, 5.74) is -5.48. The van der Waals surface area contributed by atoms with Crippen LogP contribution < -0.4 is 5.32 Å². The SMILES string of the molecule is CCSC(=O)c1c(C(F)(F)F)nc(C(F)F)c(C(=O)OC)c1NC1CC1. The van der Waals surface area contributed by atoms with Gasteiger partial charge in [-0.2, -0.15) is 13.2 Å². The Morgan fingerprint density at radius 2 is 1.92 bits per heavy atom. The number of hydrogen-bond donors (Lipinski definition) is 1. The Kier molecular flexibility index (Phi) is 6.09. The van der Waals surface area contributed by atoms with Crippen LogP contribution in [0.25, 0.3) is 0 Å². The van der Waals surface area contributed by atoms with Gasteiger partial charge in [-0.3, -0.25) is 4.79 Å². The van der Waals surface area contributed by atoms with Crippen LogP contribution in [0.1, 0.15) is 58.3 Å². The molecule has 1 aromatic rings. The molecule has 2 rings (SSSR count). The molecule has 1 aromatic heterocycles. The molecule has 1 aliphatic rings. The predicted molar refractivity (Wildman–Crippen MR) is 84.6 cm³/mol. The monoisotopic (exact) mass is 398 g/mol. The van der Waals surface area contributed by atoms with Crippen molar-refractivity contribution in [2.24, 2.45) is 0 Å². The molecule has 26 heavy (non-hydrogen) atoms. The summed E-state index contributed by atoms with van der Waals surface area (Å²) in [6, 6.07) is -0.314. The minimum absolute atomic E-state index is 0.156. The van der Waals surface area contributed by atoms with Gasteiger partial charge in [-0.05, 0) is 18.6 Å². The molecule has 0 amide bonds. The van der Waals surface area contributed by atoms with Crippen molar-refractivity contribution in [3.63, 3.8) is 0 Å². The number of carbonyl (C=O) groups excluding carboxylic acids is 2. The number of esters is 1. The number of anilines is 1. The molecule has 1 aliphatic carbocycles. The molecule has 0 atom stereocenters. The summed E-state index contributed by atoms with van der Waals surface area (Å²) in [5.74, 6) is -1.14. The summed E-state index contributed by atoms with van der Waals surface area (Å²) in [6.07, 6.45) is -7.48. The fourth-order valence-electron chi connectivity index (χ4n) is 2.25. The van der Waals surface area contributed by atoms with Crippen LogP contribution in [0, 0.1) is 0 Å². The standard InChI is InChI=1S/C15H15F5N2O3S/c1-3-26-14(24)8-9(21-6-4-5-6)7(13(23)25-2)10(12(16)17)22-11(8)15(18,19)20/h6,12H,3-5H2,1-2H3,(H,21,22). The molecule has 0 aliphatic heterocycles. The van der Waals surface area contributed by atoms with E-state index in [1.54, 1.807) is 6.92 Å². The maximum absolute atomic E-state index is 13.4. The molecule has 0 radical (unpaired) electrons. The van der Waals surface area contributed by atoms with Gasteiger partial charge in [0.2, 0.25) is 5.12 Å². The molecule has 0 saturated heterocycles. The van der Waals surface area contributed by atoms with Gasteiger partial charge in [-0.1, -0.05) is 18.7 Å². The summed E-state index contributed by atoms with van der Waals surface area (Å²) in [5, 5.41) is 1.59. The highest BCUT2D eigenvalue weighted by molar-refractivity contribution is 8.14. The highest BCUT2D eigenvalue weighted by Gasteiger charge is 2.43. The Bertz CT molecular complexity index is 720. The molecule has 1 fully saturated rings. The van der Waals surface area contributed by atoms with Gasteiger partial charge in [0.05, 0.1) is 18.4 Å². The van der Waals surface area contributed by atoms with Gasteiger partial charge >= 0.3 is 12.1 Å². The number of pyridine rings is 1. The summed E-state index contributed by atoms with van der Waals surface area (Å²) in [6.45, 7) is 1.55. The number of aromatic nitrogens is 1. The van der Waals surface area contributed by atoms with E-state index in [0.29, 0.717) is 24.6 Å². The molecule has 0 unspecified atom stereocenters. The molecule has 144 valence electrons. The van der Waals surface area contributed by atoms with E-state index in [0.717, 1.165) is 7.11 Å². The molecule has 0 aromatic carbocycles. The number of hydrogen-bond acceptors (Lipinski definition) is 6. The number of halogens is 5. The number of nitrogens with zero attached hydrogens (tertiary/aromatic N) is 1. The van der Waals surface area contributed by atoms with Gasteiger partial charge in [0.1, 0.15) is 11.3 Å². The quantitative estimate of drug-likeness (QED) is 0.570. The van der Waals surface area contributed by atoms with Crippen molar-refractivity contribution in [2.75, 3.05) is 18.2 Å². The Morgan fingerprint density at radius 3 is 2.35 bits per heavy atom. The van der Waals surface area contributed by atoms with Gasteiger partial charge in [-0.15, -0.1) is 0 Å². The molecule has 0 spiro atoms. The molecule has 1 saturated carbocycles. The number of thioether (sulfide) groups is 1. The zero-order chi connectivity index (χ0) is 19.6. The second-order valence-electron chi connectivity index (χ2n) is 5.40. The number of alkyl halides is 5. The number of methoxy groups -OCH3 is 1. The van der Waals surface area contributed by atoms with Gasteiger partial charge in [-0.25, -0.2) is 18.6 Å². The molecular weight excluding hydrogens is 383 g/mol. The van der Waals surface area contributed by atoms with Crippen LogP contribution in [0.3, 0.4) is 0 Å². The topological polar surface area (TPSA) is 68.3 Å². The maximum Gasteiger partial charge on any atom is 0.434 e. The van der Waals surface area contributed by atoms with Crippen molar-refractivity contribution in [3.8, 4) is 0 Å². The van der Waals surface area contributed by atoms with Crippen molar-refractivity contribution in [2.45, 2.75) is 38.4 Å². The van der Waals surface area contributed by atoms with Crippen LogP contribution in [-0.2, 0) is 10.9 Å². The Hall–Kier alpha value is -1.91. The maximum atomic E-state index is 13.4. The lowest BCUT2D eigenvalue weighted by molar-refractivity contribution is -0.141. The Labute approximate surface area is 149 Å². The zero-order valence-electron chi connectivity index (χ0n) is 13.7. The minimum atomic E-state index is -5.16. The van der Waals surface area contributed by atoms with Crippen LogP contribution in [0.5, 0.6) is 0 Å². The van der Waals surface area contributed by atoms with E-state index >= 15 is 0 Å². The lowest BCUT2D eigenvalue weighted by Crippen LogP contribution is -2.24. The van der Waals surface area contributed by atoms with E-state index < -0.39 is 51.9 Å². The Morgan fingerprint density at radius 1 is 1.31 bits per heavy atom. The highest BCUT2D eigenvalue weighted by Crippen LogP contribution is 2.42. The van der Waals surface area contributed by atoms with Crippen molar-refractivity contribution < 1.29 is 36.3 Å². The molecule has 11 heteroatoms. The normalized spacial score (nSPS) is 14.5. The summed E-state index contributed by atoms with van der Waals surface area (Å²) in [4.78, 5) is 27.3. The van der Waals surface area contributed by atoms with Crippen LogP contribution in [0.15, 0.2) is 0 Å². The van der Waals surface area contributed by atoms with Crippen molar-refractivity contribution >= 4 is 28.5 Å². The molecule has 1 heterocycles. The zero-order valence-corrected chi connectivity index (χ0v) is 14.6. The fraction of sp³-hybridized carbons (Fsp3) is 0.533. The van der Waals surface area contributed by atoms with Gasteiger partial charge < -0.3 is 10.1 Å². The minimum Gasteiger partial charge on any atom is -0.465 e. The number of rotatable bonds is 6. The van der Waals surface area contributed by atoms with Crippen LogP contribution in [0.2, 0.25) is 0 Å². The van der Waals surface area contributed by atoms with Gasteiger partial charge in [0.15, 0.2) is 5.69 Å². The van der Waals surface area contributed by atoms with Crippen molar-refractivity contribution in [3.05, 3.63) is 22.5 Å². The van der Waals surface area contributed by atoms with Crippen molar-refractivity contribution in [1.82, 2.24) is 4.98 Å². The van der Waals surface area contributed by atoms with E-state index in [-0.39, 0.29) is 11.8 Å². The summed E-state index contributed by atoms with van der Waals surface area (Å²) >= 11 is 0.560. The average molecular weight is 398 g/mol. The first-order valence-electron chi connectivity index (χ1n) is 7.56. The highest BCUT2D eigenvalue weighted by atomic mass is 32.2. The third kappa shape index (κ3) is 4.25. The van der Waals surface area contributed by atoms with Crippen molar-refractivity contribution in [1.29, 1.82) is 0 Å². The second-order valence-corrected chi connectivity index (χ2v) is 6.64.